The lowest BCUT2D eigenvalue weighted by atomic mass is 9.76. The van der Waals surface area contributed by atoms with Crippen molar-refractivity contribution in [3.63, 3.8) is 0 Å². The van der Waals surface area contributed by atoms with Crippen molar-refractivity contribution in [1.29, 1.82) is 0 Å². The van der Waals surface area contributed by atoms with Crippen LogP contribution in [0.1, 0.15) is 45.4 Å². The molecule has 0 bridgehead atoms. The predicted molar refractivity (Wildman–Crippen MR) is 78.3 cm³/mol. The highest BCUT2D eigenvalue weighted by molar-refractivity contribution is 5.88. The van der Waals surface area contributed by atoms with Gasteiger partial charge < -0.3 is 15.5 Å². The van der Waals surface area contributed by atoms with Crippen LogP contribution in [0, 0.1) is 5.41 Å². The van der Waals surface area contributed by atoms with Gasteiger partial charge in [-0.2, -0.15) is 0 Å². The van der Waals surface area contributed by atoms with Crippen LogP contribution >= 0.6 is 0 Å². The fourth-order valence-electron chi connectivity index (χ4n) is 3.39. The predicted octanol–water partition coefficient (Wildman–Crippen LogP) is 0.895. The number of nitrogens with one attached hydrogen (secondary N) is 2. The maximum Gasteiger partial charge on any atom is 0.241 e. The van der Waals surface area contributed by atoms with Crippen LogP contribution in [0.3, 0.4) is 0 Å². The first-order valence-electron chi connectivity index (χ1n) is 7.95. The summed E-state index contributed by atoms with van der Waals surface area (Å²) < 4.78 is 0. The summed E-state index contributed by atoms with van der Waals surface area (Å²) in [6, 6.07) is 0. The molecule has 2 aliphatic rings. The number of nitrogens with zero attached hydrogens (tertiary/aromatic N) is 1. The van der Waals surface area contributed by atoms with E-state index in [1.54, 1.807) is 0 Å². The Kier molecular flexibility index (Phi) is 5.40. The lowest BCUT2D eigenvalue weighted by molar-refractivity contribution is -0.137. The van der Waals surface area contributed by atoms with Crippen LogP contribution in [0.2, 0.25) is 0 Å². The molecule has 2 aliphatic heterocycles. The molecule has 2 fully saturated rings. The molecule has 2 saturated heterocycles. The maximum absolute atomic E-state index is 12.5. The highest BCUT2D eigenvalue weighted by atomic mass is 16.2. The van der Waals surface area contributed by atoms with Gasteiger partial charge in [0.1, 0.15) is 0 Å². The van der Waals surface area contributed by atoms with Crippen molar-refractivity contribution in [3.8, 4) is 0 Å². The van der Waals surface area contributed by atoms with Crippen LogP contribution in [0.5, 0.6) is 0 Å². The minimum Gasteiger partial charge on any atom is -0.347 e. The van der Waals surface area contributed by atoms with Crippen molar-refractivity contribution in [1.82, 2.24) is 15.5 Å². The molecule has 1 atom stereocenters. The van der Waals surface area contributed by atoms with Crippen molar-refractivity contribution in [3.05, 3.63) is 0 Å². The smallest absolute Gasteiger partial charge is 0.241 e. The number of carbonyl (C=O) groups is 2. The summed E-state index contributed by atoms with van der Waals surface area (Å²) in [5, 5.41) is 6.21. The molecule has 114 valence electrons. The third-order valence-electron chi connectivity index (χ3n) is 4.54. The van der Waals surface area contributed by atoms with Gasteiger partial charge in [0.05, 0.1) is 12.0 Å². The van der Waals surface area contributed by atoms with Crippen molar-refractivity contribution in [2.75, 3.05) is 32.7 Å². The zero-order valence-corrected chi connectivity index (χ0v) is 12.5. The van der Waals surface area contributed by atoms with Gasteiger partial charge in [0.15, 0.2) is 0 Å². The van der Waals surface area contributed by atoms with Crippen LogP contribution in [0.25, 0.3) is 0 Å². The Balaban J connectivity index is 1.86. The normalized spacial score (nSPS) is 26.6. The summed E-state index contributed by atoms with van der Waals surface area (Å²) in [4.78, 5) is 26.4. The first kappa shape index (κ1) is 15.3. The second kappa shape index (κ2) is 7.07. The molecule has 5 nitrogen and oxygen atoms in total. The summed E-state index contributed by atoms with van der Waals surface area (Å²) in [6.45, 7) is 5.69. The molecular formula is C15H27N3O2. The SMILES string of the molecule is CCCC1(C(=O)NCC(=O)N2CCCC2)CCCNC1. The summed E-state index contributed by atoms with van der Waals surface area (Å²) >= 11 is 0. The van der Waals surface area contributed by atoms with Gasteiger partial charge in [0.2, 0.25) is 11.8 Å². The quantitative estimate of drug-likeness (QED) is 0.787. The van der Waals surface area contributed by atoms with Gasteiger partial charge in [0.25, 0.3) is 0 Å². The molecule has 0 aromatic heterocycles. The molecule has 2 amide bonds. The fraction of sp³-hybridized carbons (Fsp3) is 0.867. The molecule has 2 heterocycles. The Morgan fingerprint density at radius 3 is 2.60 bits per heavy atom. The van der Waals surface area contributed by atoms with E-state index in [4.69, 9.17) is 0 Å². The van der Waals surface area contributed by atoms with E-state index in [0.717, 1.165) is 64.7 Å². The number of piperidine rings is 1. The number of amides is 2. The van der Waals surface area contributed by atoms with Gasteiger partial charge in [-0.25, -0.2) is 0 Å². The van der Waals surface area contributed by atoms with Gasteiger partial charge in [-0.3, -0.25) is 9.59 Å². The molecule has 0 saturated carbocycles. The average molecular weight is 281 g/mol. The van der Waals surface area contributed by atoms with Gasteiger partial charge in [-0.1, -0.05) is 13.3 Å². The van der Waals surface area contributed by atoms with Gasteiger partial charge in [0, 0.05) is 19.6 Å². The fourth-order valence-corrected chi connectivity index (χ4v) is 3.39. The van der Waals surface area contributed by atoms with E-state index in [9.17, 15) is 9.59 Å². The Hall–Kier alpha value is -1.10. The lowest BCUT2D eigenvalue weighted by Gasteiger charge is -2.36. The molecule has 0 aliphatic carbocycles. The lowest BCUT2D eigenvalue weighted by Crippen LogP contribution is -2.52. The molecule has 5 heteroatoms. The summed E-state index contributed by atoms with van der Waals surface area (Å²) in [5.74, 6) is 0.116. The number of carbonyl (C=O) groups excluding carboxylic acids is 2. The number of hydrogen-bond acceptors (Lipinski definition) is 3. The Morgan fingerprint density at radius 2 is 2.00 bits per heavy atom. The topological polar surface area (TPSA) is 61.4 Å². The monoisotopic (exact) mass is 281 g/mol. The van der Waals surface area contributed by atoms with Gasteiger partial charge in [-0.05, 0) is 38.6 Å². The van der Waals surface area contributed by atoms with E-state index in [1.807, 2.05) is 4.90 Å². The largest absolute Gasteiger partial charge is 0.347 e. The minimum absolute atomic E-state index is 0.0547. The zero-order valence-electron chi connectivity index (χ0n) is 12.5. The third kappa shape index (κ3) is 3.51. The first-order valence-corrected chi connectivity index (χ1v) is 7.95. The number of likely N-dealkylation sites (tertiary alicyclic amines) is 1. The van der Waals surface area contributed by atoms with Gasteiger partial charge >= 0.3 is 0 Å². The van der Waals surface area contributed by atoms with Gasteiger partial charge in [-0.15, -0.1) is 0 Å². The number of rotatable bonds is 5. The summed E-state index contributed by atoms with van der Waals surface area (Å²) in [7, 11) is 0. The molecule has 2 rings (SSSR count). The van der Waals surface area contributed by atoms with Crippen molar-refractivity contribution >= 4 is 11.8 Å². The van der Waals surface area contributed by atoms with Crippen molar-refractivity contribution in [2.24, 2.45) is 5.41 Å². The number of hydrogen-bond donors (Lipinski definition) is 2. The molecule has 20 heavy (non-hydrogen) atoms. The molecule has 1 unspecified atom stereocenters. The van der Waals surface area contributed by atoms with E-state index in [2.05, 4.69) is 17.6 Å². The average Bonchev–Trinajstić information content (AvgIpc) is 3.00. The van der Waals surface area contributed by atoms with Crippen LogP contribution < -0.4 is 10.6 Å². The van der Waals surface area contributed by atoms with E-state index in [-0.39, 0.29) is 23.8 Å². The Morgan fingerprint density at radius 1 is 1.25 bits per heavy atom. The summed E-state index contributed by atoms with van der Waals surface area (Å²) in [5.41, 5.74) is -0.307. The van der Waals surface area contributed by atoms with E-state index in [1.165, 1.54) is 0 Å². The standard InChI is InChI=1S/C15H27N3O2/c1-2-6-15(7-5-8-16-12-15)14(20)17-11-13(19)18-9-3-4-10-18/h16H,2-12H2,1H3,(H,17,20). The maximum atomic E-state index is 12.5. The highest BCUT2D eigenvalue weighted by Crippen LogP contribution is 2.31. The molecule has 0 radical (unpaired) electrons. The molecule has 0 spiro atoms. The van der Waals surface area contributed by atoms with Crippen LogP contribution in [0.15, 0.2) is 0 Å². The molecule has 0 aromatic rings. The van der Waals surface area contributed by atoms with Crippen molar-refractivity contribution < 1.29 is 9.59 Å². The van der Waals surface area contributed by atoms with Crippen LogP contribution in [-0.2, 0) is 9.59 Å². The van der Waals surface area contributed by atoms with Crippen LogP contribution in [0.4, 0.5) is 0 Å². The second-order valence-corrected chi connectivity index (χ2v) is 6.08. The molecule has 0 aromatic carbocycles. The van der Waals surface area contributed by atoms with E-state index >= 15 is 0 Å². The zero-order chi connectivity index (χ0) is 14.4. The summed E-state index contributed by atoms with van der Waals surface area (Å²) in [6.07, 6.45) is 6.02. The molecular weight excluding hydrogens is 254 g/mol. The van der Waals surface area contributed by atoms with Crippen LogP contribution in [-0.4, -0.2) is 49.4 Å². The van der Waals surface area contributed by atoms with Crippen molar-refractivity contribution in [2.45, 2.75) is 45.4 Å². The Bertz CT molecular complexity index is 340. The molecule has 2 N–H and O–H groups in total. The third-order valence-corrected chi connectivity index (χ3v) is 4.54. The second-order valence-electron chi connectivity index (χ2n) is 6.08. The van der Waals surface area contributed by atoms with E-state index < -0.39 is 0 Å². The van der Waals surface area contributed by atoms with E-state index in [0.29, 0.717) is 0 Å². The highest BCUT2D eigenvalue weighted by Gasteiger charge is 2.38. The minimum atomic E-state index is -0.307. The first-order chi connectivity index (χ1) is 9.68. The Labute approximate surface area is 121 Å².